The SMILES string of the molecule is CC(=O)OC1CC2C(=O)C[C@H]3[C@@H]4CC[C@H]([C@H](C)C(OC(C)=O)C(OC(C)=O)C(C)C(C)C)[C@@]4(C)CC[C@@H]3[C@@]2(C)CC1OC(C)=O. The van der Waals surface area contributed by atoms with E-state index < -0.39 is 36.4 Å². The molecule has 0 saturated heterocycles. The first-order valence-electron chi connectivity index (χ1n) is 17.1. The van der Waals surface area contributed by atoms with Crippen molar-refractivity contribution in [1.82, 2.24) is 0 Å². The van der Waals surface area contributed by atoms with Gasteiger partial charge in [-0.15, -0.1) is 0 Å². The van der Waals surface area contributed by atoms with Crippen LogP contribution < -0.4 is 0 Å². The Morgan fingerprint density at radius 3 is 1.84 bits per heavy atom. The van der Waals surface area contributed by atoms with Crippen molar-refractivity contribution in [2.75, 3.05) is 0 Å². The largest absolute Gasteiger partial charge is 0.459 e. The molecule has 0 radical (unpaired) electrons. The molecule has 0 aliphatic heterocycles. The van der Waals surface area contributed by atoms with Crippen molar-refractivity contribution < 1.29 is 42.9 Å². The van der Waals surface area contributed by atoms with Crippen molar-refractivity contribution in [3.63, 3.8) is 0 Å². The van der Waals surface area contributed by atoms with Crippen molar-refractivity contribution in [2.24, 2.45) is 58.2 Å². The highest BCUT2D eigenvalue weighted by molar-refractivity contribution is 5.83. The zero-order chi connectivity index (χ0) is 33.6. The molecule has 254 valence electrons. The first-order chi connectivity index (χ1) is 20.9. The summed E-state index contributed by atoms with van der Waals surface area (Å²) in [5.41, 5.74) is -0.441. The molecule has 13 atom stereocenters. The fraction of sp³-hybridized carbons (Fsp3) is 0.861. The smallest absolute Gasteiger partial charge is 0.303 e. The lowest BCUT2D eigenvalue weighted by atomic mass is 9.43. The van der Waals surface area contributed by atoms with E-state index in [1.807, 2.05) is 0 Å². The highest BCUT2D eigenvalue weighted by Crippen LogP contribution is 2.68. The monoisotopic (exact) mass is 632 g/mol. The van der Waals surface area contributed by atoms with E-state index in [1.54, 1.807) is 0 Å². The first-order valence-corrected chi connectivity index (χ1v) is 17.1. The van der Waals surface area contributed by atoms with Crippen LogP contribution in [-0.2, 0) is 42.9 Å². The summed E-state index contributed by atoms with van der Waals surface area (Å²) in [4.78, 5) is 62.6. The zero-order valence-electron chi connectivity index (χ0n) is 29.1. The van der Waals surface area contributed by atoms with Crippen LogP contribution in [0.25, 0.3) is 0 Å². The number of Topliss-reactive ketones (excluding diaryl/α,β-unsaturated/α-hetero) is 1. The highest BCUT2D eigenvalue weighted by atomic mass is 16.6. The molecule has 4 rings (SSSR count). The number of carbonyl (C=O) groups excluding carboxylic acids is 5. The van der Waals surface area contributed by atoms with Gasteiger partial charge in [0.1, 0.15) is 30.2 Å². The third-order valence-corrected chi connectivity index (χ3v) is 12.8. The van der Waals surface area contributed by atoms with Gasteiger partial charge in [-0.2, -0.15) is 0 Å². The molecule has 45 heavy (non-hydrogen) atoms. The fourth-order valence-electron chi connectivity index (χ4n) is 10.5. The van der Waals surface area contributed by atoms with Crippen LogP contribution in [0.5, 0.6) is 0 Å². The minimum absolute atomic E-state index is 0.0124. The molecule has 9 heteroatoms. The minimum Gasteiger partial charge on any atom is -0.459 e. The quantitative estimate of drug-likeness (QED) is 0.220. The highest BCUT2D eigenvalue weighted by Gasteiger charge is 2.65. The molecule has 0 spiro atoms. The summed E-state index contributed by atoms with van der Waals surface area (Å²) in [6.45, 7) is 18.5. The molecule has 0 N–H and O–H groups in total. The van der Waals surface area contributed by atoms with Crippen molar-refractivity contribution >= 4 is 29.7 Å². The predicted octanol–water partition coefficient (Wildman–Crippen LogP) is 6.09. The lowest BCUT2D eigenvalue weighted by Gasteiger charge is -2.61. The maximum absolute atomic E-state index is 14.0. The number of ketones is 1. The van der Waals surface area contributed by atoms with E-state index >= 15 is 0 Å². The molecule has 9 nitrogen and oxygen atoms in total. The van der Waals surface area contributed by atoms with Gasteiger partial charge in [-0.3, -0.25) is 24.0 Å². The number of ether oxygens (including phenoxy) is 4. The molecule has 0 aromatic rings. The molecule has 6 unspecified atom stereocenters. The van der Waals surface area contributed by atoms with E-state index in [2.05, 4.69) is 41.5 Å². The normalized spacial score (nSPS) is 38.5. The maximum Gasteiger partial charge on any atom is 0.303 e. The molecule has 4 fully saturated rings. The Kier molecular flexibility index (Phi) is 10.5. The van der Waals surface area contributed by atoms with Gasteiger partial charge < -0.3 is 18.9 Å². The van der Waals surface area contributed by atoms with Crippen molar-refractivity contribution in [1.29, 1.82) is 0 Å². The average molecular weight is 633 g/mol. The summed E-state index contributed by atoms with van der Waals surface area (Å²) >= 11 is 0. The van der Waals surface area contributed by atoms with E-state index in [0.29, 0.717) is 25.2 Å². The predicted molar refractivity (Wildman–Crippen MR) is 166 cm³/mol. The number of esters is 4. The van der Waals surface area contributed by atoms with Gasteiger partial charge in [-0.25, -0.2) is 0 Å². The van der Waals surface area contributed by atoms with Gasteiger partial charge >= 0.3 is 23.9 Å². The van der Waals surface area contributed by atoms with Gasteiger partial charge in [0.15, 0.2) is 0 Å². The van der Waals surface area contributed by atoms with Gasteiger partial charge in [-0.1, -0.05) is 41.5 Å². The Morgan fingerprint density at radius 1 is 0.733 bits per heavy atom. The first kappa shape index (κ1) is 35.4. The minimum atomic E-state index is -0.618. The second-order valence-electron chi connectivity index (χ2n) is 15.7. The van der Waals surface area contributed by atoms with Crippen LogP contribution in [0.3, 0.4) is 0 Å². The average Bonchev–Trinajstić information content (AvgIpc) is 3.27. The topological polar surface area (TPSA) is 122 Å². The Hall–Kier alpha value is -2.45. The van der Waals surface area contributed by atoms with E-state index in [9.17, 15) is 24.0 Å². The van der Waals surface area contributed by atoms with Crippen molar-refractivity contribution in [2.45, 2.75) is 139 Å². The molecule has 4 saturated carbocycles. The van der Waals surface area contributed by atoms with E-state index in [4.69, 9.17) is 18.9 Å². The van der Waals surface area contributed by atoms with Gasteiger partial charge in [0.2, 0.25) is 0 Å². The molecule has 4 aliphatic rings. The van der Waals surface area contributed by atoms with Gasteiger partial charge in [0.25, 0.3) is 0 Å². The summed E-state index contributed by atoms with van der Waals surface area (Å²) in [6, 6.07) is 0. The number of carbonyl (C=O) groups is 5. The molecule has 0 aromatic heterocycles. The lowest BCUT2D eigenvalue weighted by Crippen LogP contribution is -2.60. The van der Waals surface area contributed by atoms with Crippen molar-refractivity contribution in [3.8, 4) is 0 Å². The van der Waals surface area contributed by atoms with Crippen molar-refractivity contribution in [3.05, 3.63) is 0 Å². The fourth-order valence-corrected chi connectivity index (χ4v) is 10.5. The molecule has 0 heterocycles. The lowest BCUT2D eigenvalue weighted by molar-refractivity contribution is -0.197. The Labute approximate surface area is 269 Å². The Bertz CT molecular complexity index is 1160. The Balaban J connectivity index is 1.63. The summed E-state index contributed by atoms with van der Waals surface area (Å²) < 4.78 is 23.3. The van der Waals surface area contributed by atoms with Crippen LogP contribution in [0, 0.1) is 58.2 Å². The molecular weight excluding hydrogens is 576 g/mol. The summed E-state index contributed by atoms with van der Waals surface area (Å²) in [6.07, 6.45) is 2.91. The van der Waals surface area contributed by atoms with Crippen LogP contribution in [0.1, 0.15) is 114 Å². The third-order valence-electron chi connectivity index (χ3n) is 12.8. The van der Waals surface area contributed by atoms with E-state index in [-0.39, 0.29) is 70.0 Å². The standard InChI is InChI=1S/C36H56O9/c1-18(2)19(3)33(44-23(7)39)34(45-24(8)40)20(4)26-11-12-27-25-15-30(41)29-16-31(42-21(5)37)32(43-22(6)38)17-36(29,10)28(25)13-14-35(26,27)9/h18-20,25-29,31-34H,11-17H2,1-10H3/t19?,20-,25-,26+,27-,28-,29?,31?,32?,33?,34?,35+,36+/m0/s1. The third kappa shape index (κ3) is 6.83. The molecular formula is C36H56O9. The van der Waals surface area contributed by atoms with Gasteiger partial charge in [-0.05, 0) is 84.9 Å². The summed E-state index contributed by atoms with van der Waals surface area (Å²) in [5.74, 6) is -0.475. The number of hydrogen-bond acceptors (Lipinski definition) is 9. The van der Waals surface area contributed by atoms with Crippen LogP contribution in [0.2, 0.25) is 0 Å². The van der Waals surface area contributed by atoms with Crippen LogP contribution in [0.4, 0.5) is 0 Å². The zero-order valence-corrected chi connectivity index (χ0v) is 29.1. The van der Waals surface area contributed by atoms with Crippen LogP contribution >= 0.6 is 0 Å². The molecule has 0 bridgehead atoms. The second kappa shape index (κ2) is 13.3. The van der Waals surface area contributed by atoms with E-state index in [0.717, 1.165) is 25.7 Å². The van der Waals surface area contributed by atoms with Crippen LogP contribution in [-0.4, -0.2) is 54.1 Å². The summed E-state index contributed by atoms with van der Waals surface area (Å²) in [7, 11) is 0. The molecule has 0 amide bonds. The van der Waals surface area contributed by atoms with E-state index in [1.165, 1.54) is 27.7 Å². The maximum atomic E-state index is 14.0. The number of fused-ring (bicyclic) bond motifs is 5. The second-order valence-corrected chi connectivity index (χ2v) is 15.7. The Morgan fingerprint density at radius 2 is 1.29 bits per heavy atom. The number of hydrogen-bond donors (Lipinski definition) is 0. The number of rotatable bonds is 9. The molecule has 4 aliphatic carbocycles. The van der Waals surface area contributed by atoms with Gasteiger partial charge in [0, 0.05) is 46.0 Å². The van der Waals surface area contributed by atoms with Gasteiger partial charge in [0.05, 0.1) is 0 Å². The van der Waals surface area contributed by atoms with Crippen LogP contribution in [0.15, 0.2) is 0 Å². The molecule has 0 aromatic carbocycles. The summed E-state index contributed by atoms with van der Waals surface area (Å²) in [5, 5.41) is 0.